The largest absolute Gasteiger partial charge is 0.385 e. The summed E-state index contributed by atoms with van der Waals surface area (Å²) in [6, 6.07) is 7.30. The summed E-state index contributed by atoms with van der Waals surface area (Å²) in [6.45, 7) is 0.943. The van der Waals surface area contributed by atoms with Crippen LogP contribution in [0.4, 0.5) is 4.39 Å². The minimum atomic E-state index is -0.107. The predicted octanol–water partition coefficient (Wildman–Crippen LogP) is 8.92. The quantitative estimate of drug-likeness (QED) is 0.347. The van der Waals surface area contributed by atoms with Crippen molar-refractivity contribution in [3.05, 3.63) is 35.6 Å². The van der Waals surface area contributed by atoms with Gasteiger partial charge in [-0.15, -0.1) is 0 Å². The van der Waals surface area contributed by atoms with Crippen LogP contribution in [0.25, 0.3) is 0 Å². The van der Waals surface area contributed by atoms with Crippen LogP contribution in [0, 0.1) is 35.4 Å². The van der Waals surface area contributed by atoms with Crippen LogP contribution >= 0.6 is 0 Å². The molecule has 4 rings (SSSR count). The molecule has 0 atom stereocenters. The summed E-state index contributed by atoms with van der Waals surface area (Å²) in [7, 11) is 1.82. The van der Waals surface area contributed by atoms with Gasteiger partial charge >= 0.3 is 0 Å². The highest BCUT2D eigenvalue weighted by Crippen LogP contribution is 2.45. The maximum Gasteiger partial charge on any atom is 0.123 e. The molecule has 3 aliphatic rings. The third-order valence-electron chi connectivity index (χ3n) is 9.58. The Labute approximate surface area is 196 Å². The lowest BCUT2D eigenvalue weighted by Gasteiger charge is -2.38. The normalized spacial score (nSPS) is 33.8. The molecule has 1 aromatic carbocycles. The van der Waals surface area contributed by atoms with E-state index in [2.05, 4.69) is 0 Å². The molecule has 180 valence electrons. The van der Waals surface area contributed by atoms with E-state index in [1.54, 1.807) is 12.1 Å². The standard InChI is InChI=1S/C30H47FO/c1-32-22-2-3-23-4-6-24(7-5-23)8-9-25-10-12-26(13-11-25)27-14-16-28(17-15-27)29-18-20-30(31)21-19-29/h18-21,23-28H,2-17,22H2,1H3/t23-,24-,25-,26-,27-,28-. The van der Waals surface area contributed by atoms with Gasteiger partial charge in [-0.05, 0) is 105 Å². The molecule has 2 heteroatoms. The Hall–Kier alpha value is -0.890. The van der Waals surface area contributed by atoms with Crippen molar-refractivity contribution in [2.45, 2.75) is 109 Å². The van der Waals surface area contributed by atoms with Crippen molar-refractivity contribution < 1.29 is 9.13 Å². The van der Waals surface area contributed by atoms with Gasteiger partial charge in [-0.1, -0.05) is 63.5 Å². The van der Waals surface area contributed by atoms with E-state index in [1.807, 2.05) is 19.2 Å². The third-order valence-corrected chi connectivity index (χ3v) is 9.58. The fourth-order valence-corrected chi connectivity index (χ4v) is 7.40. The molecule has 3 aliphatic carbocycles. The average molecular weight is 443 g/mol. The molecule has 0 bridgehead atoms. The molecule has 0 spiro atoms. The van der Waals surface area contributed by atoms with Crippen molar-refractivity contribution in [1.29, 1.82) is 0 Å². The van der Waals surface area contributed by atoms with E-state index >= 15 is 0 Å². The maximum atomic E-state index is 13.2. The first kappa shape index (κ1) is 24.2. The summed E-state index contributed by atoms with van der Waals surface area (Å²) >= 11 is 0. The lowest BCUT2D eigenvalue weighted by molar-refractivity contribution is 0.148. The van der Waals surface area contributed by atoms with Crippen molar-refractivity contribution in [1.82, 2.24) is 0 Å². The summed E-state index contributed by atoms with van der Waals surface area (Å²) in [5.74, 6) is 5.52. The number of hydrogen-bond acceptors (Lipinski definition) is 1. The van der Waals surface area contributed by atoms with Gasteiger partial charge in [0.25, 0.3) is 0 Å². The summed E-state index contributed by atoms with van der Waals surface area (Å²) < 4.78 is 18.4. The molecule has 0 saturated heterocycles. The van der Waals surface area contributed by atoms with E-state index in [0.717, 1.165) is 36.2 Å². The second-order valence-electron chi connectivity index (χ2n) is 11.5. The van der Waals surface area contributed by atoms with Crippen LogP contribution in [-0.2, 0) is 4.74 Å². The Balaban J connectivity index is 1.09. The Morgan fingerprint density at radius 1 is 0.656 bits per heavy atom. The second-order valence-corrected chi connectivity index (χ2v) is 11.5. The first-order chi connectivity index (χ1) is 15.7. The van der Waals surface area contributed by atoms with Gasteiger partial charge in [0.1, 0.15) is 5.82 Å². The summed E-state index contributed by atoms with van der Waals surface area (Å²) in [5.41, 5.74) is 1.36. The van der Waals surface area contributed by atoms with Crippen LogP contribution in [0.2, 0.25) is 0 Å². The fraction of sp³-hybridized carbons (Fsp3) is 0.800. The predicted molar refractivity (Wildman–Crippen MR) is 132 cm³/mol. The molecule has 3 saturated carbocycles. The summed E-state index contributed by atoms with van der Waals surface area (Å²) in [6.07, 6.45) is 22.9. The summed E-state index contributed by atoms with van der Waals surface area (Å²) in [5, 5.41) is 0. The first-order valence-electron chi connectivity index (χ1n) is 14.0. The van der Waals surface area contributed by atoms with E-state index in [4.69, 9.17) is 4.74 Å². The monoisotopic (exact) mass is 442 g/mol. The van der Waals surface area contributed by atoms with Crippen molar-refractivity contribution in [3.8, 4) is 0 Å². The van der Waals surface area contributed by atoms with E-state index in [0.29, 0.717) is 5.92 Å². The number of halogens is 1. The Bertz CT molecular complexity index is 631. The smallest absolute Gasteiger partial charge is 0.123 e. The maximum absolute atomic E-state index is 13.2. The number of rotatable bonds is 9. The average Bonchev–Trinajstić information content (AvgIpc) is 2.85. The number of hydrogen-bond donors (Lipinski definition) is 0. The molecule has 0 aliphatic heterocycles. The van der Waals surface area contributed by atoms with Crippen LogP contribution in [0.1, 0.15) is 114 Å². The molecule has 0 N–H and O–H groups in total. The zero-order chi connectivity index (χ0) is 22.2. The highest BCUT2D eigenvalue weighted by molar-refractivity contribution is 5.21. The van der Waals surface area contributed by atoms with Gasteiger partial charge in [0.15, 0.2) is 0 Å². The van der Waals surface area contributed by atoms with E-state index < -0.39 is 0 Å². The minimum absolute atomic E-state index is 0.107. The van der Waals surface area contributed by atoms with E-state index in [9.17, 15) is 4.39 Å². The van der Waals surface area contributed by atoms with Crippen molar-refractivity contribution in [3.63, 3.8) is 0 Å². The molecular formula is C30H47FO. The van der Waals surface area contributed by atoms with Crippen LogP contribution < -0.4 is 0 Å². The van der Waals surface area contributed by atoms with Gasteiger partial charge < -0.3 is 4.74 Å². The Kier molecular flexibility index (Phi) is 9.50. The molecular weight excluding hydrogens is 395 g/mol. The third kappa shape index (κ3) is 7.05. The van der Waals surface area contributed by atoms with Gasteiger partial charge in [-0.2, -0.15) is 0 Å². The highest BCUT2D eigenvalue weighted by Gasteiger charge is 2.31. The van der Waals surface area contributed by atoms with Crippen LogP contribution in [0.15, 0.2) is 24.3 Å². The first-order valence-corrected chi connectivity index (χ1v) is 14.0. The van der Waals surface area contributed by atoms with Gasteiger partial charge in [-0.25, -0.2) is 4.39 Å². The van der Waals surface area contributed by atoms with Gasteiger partial charge in [0.2, 0.25) is 0 Å². The molecule has 1 nitrogen and oxygen atoms in total. The van der Waals surface area contributed by atoms with E-state index in [-0.39, 0.29) is 5.82 Å². The van der Waals surface area contributed by atoms with Crippen LogP contribution in [0.5, 0.6) is 0 Å². The fourth-order valence-electron chi connectivity index (χ4n) is 7.40. The lowest BCUT2D eigenvalue weighted by Crippen LogP contribution is -2.25. The Morgan fingerprint density at radius 2 is 1.12 bits per heavy atom. The number of methoxy groups -OCH3 is 1. The van der Waals surface area contributed by atoms with Crippen molar-refractivity contribution >= 4 is 0 Å². The molecule has 0 radical (unpaired) electrons. The molecule has 0 amide bonds. The molecule has 32 heavy (non-hydrogen) atoms. The topological polar surface area (TPSA) is 9.23 Å². The van der Waals surface area contributed by atoms with Gasteiger partial charge in [-0.3, -0.25) is 0 Å². The second kappa shape index (κ2) is 12.5. The summed E-state index contributed by atoms with van der Waals surface area (Å²) in [4.78, 5) is 0. The molecule has 0 unspecified atom stereocenters. The molecule has 1 aromatic rings. The van der Waals surface area contributed by atoms with Gasteiger partial charge in [0.05, 0.1) is 0 Å². The minimum Gasteiger partial charge on any atom is -0.385 e. The van der Waals surface area contributed by atoms with Crippen LogP contribution in [0.3, 0.4) is 0 Å². The number of benzene rings is 1. The zero-order valence-electron chi connectivity index (χ0n) is 20.6. The SMILES string of the molecule is COCCC[C@H]1CC[C@H](CC[C@H]2CC[C@H]([C@H]3CC[C@H](c4ccc(F)cc4)CC3)CC2)CC1. The van der Waals surface area contributed by atoms with Crippen molar-refractivity contribution in [2.75, 3.05) is 13.7 Å². The van der Waals surface area contributed by atoms with Crippen LogP contribution in [-0.4, -0.2) is 13.7 Å². The zero-order valence-corrected chi connectivity index (χ0v) is 20.6. The molecule has 0 aromatic heterocycles. The molecule has 0 heterocycles. The van der Waals surface area contributed by atoms with E-state index in [1.165, 1.54) is 108 Å². The highest BCUT2D eigenvalue weighted by atomic mass is 19.1. The van der Waals surface area contributed by atoms with Crippen molar-refractivity contribution in [2.24, 2.45) is 29.6 Å². The van der Waals surface area contributed by atoms with Gasteiger partial charge in [0, 0.05) is 13.7 Å². The number of ether oxygens (including phenoxy) is 1. The lowest BCUT2D eigenvalue weighted by atomic mass is 9.67. The molecule has 3 fully saturated rings. The Morgan fingerprint density at radius 3 is 1.66 bits per heavy atom.